The molecule has 28 heavy (non-hydrogen) atoms. The number of benzene rings is 1. The van der Waals surface area contributed by atoms with Gasteiger partial charge in [-0.15, -0.1) is 11.3 Å². The Morgan fingerprint density at radius 3 is 2.96 bits per heavy atom. The van der Waals surface area contributed by atoms with Crippen molar-refractivity contribution in [2.75, 3.05) is 6.54 Å². The van der Waals surface area contributed by atoms with Crippen molar-refractivity contribution in [2.45, 2.75) is 51.0 Å². The van der Waals surface area contributed by atoms with E-state index in [-0.39, 0.29) is 0 Å². The van der Waals surface area contributed by atoms with Crippen molar-refractivity contribution in [3.05, 3.63) is 42.2 Å². The van der Waals surface area contributed by atoms with E-state index in [1.54, 1.807) is 11.3 Å². The first-order valence-electron chi connectivity index (χ1n) is 9.93. The second-order valence-electron chi connectivity index (χ2n) is 7.31. The summed E-state index contributed by atoms with van der Waals surface area (Å²) in [5.41, 5.74) is 1.00. The highest BCUT2D eigenvalue weighted by molar-refractivity contribution is 7.21. The Morgan fingerprint density at radius 2 is 2.18 bits per heavy atom. The number of ether oxygens (including phenoxy) is 1. The average Bonchev–Trinajstić information content (AvgIpc) is 3.49. The number of hydrogen-bond acceptors (Lipinski definition) is 5. The van der Waals surface area contributed by atoms with Crippen LogP contribution in [0.25, 0.3) is 21.0 Å². The molecule has 2 bridgehead atoms. The molecule has 146 valence electrons. The van der Waals surface area contributed by atoms with Gasteiger partial charge in [-0.3, -0.25) is 0 Å². The third-order valence-electron chi connectivity index (χ3n) is 5.33. The molecule has 2 aliphatic rings. The SMILES string of the molecule is CCNC(=NCc1ccc(-c2nc3ccccc3s2)o1)NC1CC2CCC1O2. The summed E-state index contributed by atoms with van der Waals surface area (Å²) in [6.07, 6.45) is 4.15. The van der Waals surface area contributed by atoms with Crippen LogP contribution in [0.4, 0.5) is 0 Å². The fourth-order valence-electron chi connectivity index (χ4n) is 4.00. The average molecular weight is 397 g/mol. The summed E-state index contributed by atoms with van der Waals surface area (Å²) < 4.78 is 13.1. The molecule has 7 heteroatoms. The van der Waals surface area contributed by atoms with Crippen LogP contribution in [-0.2, 0) is 11.3 Å². The maximum Gasteiger partial charge on any atom is 0.192 e. The number of guanidine groups is 1. The van der Waals surface area contributed by atoms with Crippen LogP contribution in [0.15, 0.2) is 45.8 Å². The number of rotatable bonds is 5. The van der Waals surface area contributed by atoms with Crippen LogP contribution in [0.3, 0.4) is 0 Å². The Bertz CT molecular complexity index is 962. The Balaban J connectivity index is 1.28. The van der Waals surface area contributed by atoms with E-state index in [2.05, 4.69) is 28.6 Å². The van der Waals surface area contributed by atoms with Crippen LogP contribution >= 0.6 is 11.3 Å². The van der Waals surface area contributed by atoms with Gasteiger partial charge < -0.3 is 19.8 Å². The minimum absolute atomic E-state index is 0.322. The molecule has 4 heterocycles. The Morgan fingerprint density at radius 1 is 1.25 bits per heavy atom. The van der Waals surface area contributed by atoms with Crippen molar-refractivity contribution in [3.8, 4) is 10.8 Å². The number of thiazole rings is 1. The molecule has 3 aromatic rings. The topological polar surface area (TPSA) is 71.7 Å². The molecule has 1 aromatic carbocycles. The number of para-hydroxylation sites is 1. The van der Waals surface area contributed by atoms with Crippen LogP contribution in [-0.4, -0.2) is 35.7 Å². The van der Waals surface area contributed by atoms with Gasteiger partial charge in [0.15, 0.2) is 16.7 Å². The van der Waals surface area contributed by atoms with Gasteiger partial charge in [0.05, 0.1) is 28.5 Å². The molecule has 2 saturated heterocycles. The largest absolute Gasteiger partial charge is 0.457 e. The van der Waals surface area contributed by atoms with E-state index in [4.69, 9.17) is 14.1 Å². The third kappa shape index (κ3) is 3.52. The predicted molar refractivity (Wildman–Crippen MR) is 112 cm³/mol. The molecule has 0 radical (unpaired) electrons. The molecule has 2 N–H and O–H groups in total. The number of furan rings is 1. The van der Waals surface area contributed by atoms with Gasteiger partial charge in [0.1, 0.15) is 12.3 Å². The normalized spacial score (nSPS) is 24.2. The fourth-order valence-corrected chi connectivity index (χ4v) is 4.93. The first kappa shape index (κ1) is 17.7. The van der Waals surface area contributed by atoms with Crippen molar-refractivity contribution >= 4 is 27.5 Å². The lowest BCUT2D eigenvalue weighted by Gasteiger charge is -2.22. The molecule has 0 amide bonds. The summed E-state index contributed by atoms with van der Waals surface area (Å²) >= 11 is 1.65. The number of aliphatic imine (C=N–C) groups is 1. The number of nitrogens with zero attached hydrogens (tertiary/aromatic N) is 2. The lowest BCUT2D eigenvalue weighted by molar-refractivity contribution is 0.0992. The molecule has 0 aliphatic carbocycles. The number of aromatic nitrogens is 1. The fraction of sp³-hybridized carbons (Fsp3) is 0.429. The molecule has 2 aliphatic heterocycles. The molecule has 2 aromatic heterocycles. The Labute approximate surface area is 168 Å². The molecular formula is C21H24N4O2S. The quantitative estimate of drug-likeness (QED) is 0.505. The van der Waals surface area contributed by atoms with Gasteiger partial charge in [0.25, 0.3) is 0 Å². The van der Waals surface area contributed by atoms with Gasteiger partial charge in [-0.1, -0.05) is 12.1 Å². The van der Waals surface area contributed by atoms with E-state index in [0.717, 1.165) is 47.4 Å². The predicted octanol–water partition coefficient (Wildman–Crippen LogP) is 3.93. The summed E-state index contributed by atoms with van der Waals surface area (Å²) in [6.45, 7) is 3.39. The first-order valence-corrected chi connectivity index (χ1v) is 10.7. The summed E-state index contributed by atoms with van der Waals surface area (Å²) in [5, 5.41) is 7.77. The van der Waals surface area contributed by atoms with Crippen molar-refractivity contribution < 1.29 is 9.15 Å². The maximum atomic E-state index is 6.01. The van der Waals surface area contributed by atoms with E-state index in [9.17, 15) is 0 Å². The third-order valence-corrected chi connectivity index (χ3v) is 6.38. The van der Waals surface area contributed by atoms with Gasteiger partial charge in [0.2, 0.25) is 0 Å². The van der Waals surface area contributed by atoms with Gasteiger partial charge >= 0.3 is 0 Å². The van der Waals surface area contributed by atoms with E-state index in [1.165, 1.54) is 11.1 Å². The summed E-state index contributed by atoms with van der Waals surface area (Å²) in [5.74, 6) is 2.45. The monoisotopic (exact) mass is 396 g/mol. The number of nitrogens with one attached hydrogen (secondary N) is 2. The minimum Gasteiger partial charge on any atom is -0.457 e. The van der Waals surface area contributed by atoms with Crippen LogP contribution in [0.2, 0.25) is 0 Å². The molecule has 0 spiro atoms. The smallest absolute Gasteiger partial charge is 0.192 e. The Kier molecular flexibility index (Phi) is 4.78. The second kappa shape index (κ2) is 7.56. The molecule has 3 unspecified atom stereocenters. The highest BCUT2D eigenvalue weighted by Gasteiger charge is 2.41. The van der Waals surface area contributed by atoms with Crippen molar-refractivity contribution in [1.29, 1.82) is 0 Å². The van der Waals surface area contributed by atoms with Gasteiger partial charge in [0, 0.05) is 6.54 Å². The number of fused-ring (bicyclic) bond motifs is 3. The van der Waals surface area contributed by atoms with Crippen molar-refractivity contribution in [2.24, 2.45) is 4.99 Å². The zero-order valence-corrected chi connectivity index (χ0v) is 16.7. The first-order chi connectivity index (χ1) is 13.8. The summed E-state index contributed by atoms with van der Waals surface area (Å²) in [6, 6.07) is 12.5. The molecule has 2 fully saturated rings. The molecule has 3 atom stereocenters. The summed E-state index contributed by atoms with van der Waals surface area (Å²) in [4.78, 5) is 9.37. The van der Waals surface area contributed by atoms with E-state index < -0.39 is 0 Å². The van der Waals surface area contributed by atoms with Crippen LogP contribution < -0.4 is 10.6 Å². The molecular weight excluding hydrogens is 372 g/mol. The maximum absolute atomic E-state index is 6.01. The lowest BCUT2D eigenvalue weighted by atomic mass is 9.96. The van der Waals surface area contributed by atoms with Crippen LogP contribution in [0.1, 0.15) is 31.9 Å². The second-order valence-corrected chi connectivity index (χ2v) is 8.34. The molecule has 6 nitrogen and oxygen atoms in total. The molecule has 0 saturated carbocycles. The molecule has 5 rings (SSSR count). The zero-order chi connectivity index (χ0) is 18.9. The van der Waals surface area contributed by atoms with Crippen LogP contribution in [0.5, 0.6) is 0 Å². The highest BCUT2D eigenvalue weighted by Crippen LogP contribution is 2.34. The van der Waals surface area contributed by atoms with Crippen molar-refractivity contribution in [3.63, 3.8) is 0 Å². The summed E-state index contributed by atoms with van der Waals surface area (Å²) in [7, 11) is 0. The van der Waals surface area contributed by atoms with E-state index >= 15 is 0 Å². The zero-order valence-electron chi connectivity index (χ0n) is 15.9. The van der Waals surface area contributed by atoms with Gasteiger partial charge in [-0.2, -0.15) is 0 Å². The standard InChI is InChI=1S/C21H24N4O2S/c1-2-22-21(25-16-11-13-7-9-17(16)26-13)23-12-14-8-10-18(27-14)20-24-15-5-3-4-6-19(15)28-20/h3-6,8,10,13,16-17H,2,7,9,11-12H2,1H3,(H2,22,23,25). The van der Waals surface area contributed by atoms with Gasteiger partial charge in [-0.05, 0) is 50.5 Å². The lowest BCUT2D eigenvalue weighted by Crippen LogP contribution is -2.47. The van der Waals surface area contributed by atoms with Gasteiger partial charge in [-0.25, -0.2) is 9.98 Å². The van der Waals surface area contributed by atoms with Crippen LogP contribution in [0, 0.1) is 0 Å². The highest BCUT2D eigenvalue weighted by atomic mass is 32.1. The van der Waals surface area contributed by atoms with Crippen molar-refractivity contribution in [1.82, 2.24) is 15.6 Å². The van der Waals surface area contributed by atoms with E-state index in [1.807, 2.05) is 30.3 Å². The number of hydrogen-bond donors (Lipinski definition) is 2. The Hall–Kier alpha value is -2.38. The van der Waals surface area contributed by atoms with E-state index in [0.29, 0.717) is 24.8 Å². The minimum atomic E-state index is 0.322.